The van der Waals surface area contributed by atoms with Crippen LogP contribution in [0.3, 0.4) is 0 Å². The first-order valence-electron chi connectivity index (χ1n) is 9.35. The van der Waals surface area contributed by atoms with Crippen molar-refractivity contribution < 1.29 is 4.42 Å². The fourth-order valence-corrected chi connectivity index (χ4v) is 3.95. The van der Waals surface area contributed by atoms with Crippen LogP contribution in [0.2, 0.25) is 0 Å². The fourth-order valence-electron chi connectivity index (χ4n) is 3.95. The van der Waals surface area contributed by atoms with Crippen molar-refractivity contribution >= 4 is 38.6 Å². The number of rotatable bonds is 1. The third kappa shape index (κ3) is 2.00. The Labute approximate surface area is 161 Å². The van der Waals surface area contributed by atoms with E-state index in [0.717, 1.165) is 49.9 Å². The van der Waals surface area contributed by atoms with Gasteiger partial charge in [-0.25, -0.2) is 4.98 Å². The van der Waals surface area contributed by atoms with Crippen LogP contribution in [0.5, 0.6) is 0 Å². The van der Waals surface area contributed by atoms with Gasteiger partial charge in [0, 0.05) is 28.7 Å². The predicted molar refractivity (Wildman–Crippen MR) is 113 cm³/mol. The number of aromatic nitrogens is 3. The maximum atomic E-state index is 6.43. The largest absolute Gasteiger partial charge is 0.451 e. The van der Waals surface area contributed by atoms with Gasteiger partial charge in [-0.15, -0.1) is 0 Å². The van der Waals surface area contributed by atoms with E-state index in [0.29, 0.717) is 0 Å². The van der Waals surface area contributed by atoms with Gasteiger partial charge in [-0.05, 0) is 55.3 Å². The lowest BCUT2D eigenvalue weighted by Crippen LogP contribution is -1.88. The van der Waals surface area contributed by atoms with Crippen LogP contribution in [0.25, 0.3) is 49.9 Å². The molecule has 0 saturated carbocycles. The molecule has 0 amide bonds. The normalized spacial score (nSPS) is 11.9. The summed E-state index contributed by atoms with van der Waals surface area (Å²) in [5.74, 6) is 0. The van der Waals surface area contributed by atoms with Gasteiger partial charge in [-0.1, -0.05) is 24.3 Å². The van der Waals surface area contributed by atoms with Crippen LogP contribution in [0.4, 0.5) is 0 Å². The molecule has 28 heavy (non-hydrogen) atoms. The van der Waals surface area contributed by atoms with E-state index >= 15 is 0 Å². The average molecular weight is 363 g/mol. The van der Waals surface area contributed by atoms with Crippen molar-refractivity contribution in [2.75, 3.05) is 0 Å². The lowest BCUT2D eigenvalue weighted by atomic mass is 10.0. The van der Waals surface area contributed by atoms with E-state index < -0.39 is 0 Å². The summed E-state index contributed by atoms with van der Waals surface area (Å²) in [5, 5.41) is 2.16. The van der Waals surface area contributed by atoms with E-state index in [4.69, 9.17) is 9.40 Å². The Bertz CT molecular complexity index is 1540. The average Bonchev–Trinajstić information content (AvgIpc) is 3.28. The number of para-hydroxylation sites is 3. The Kier molecular flexibility index (Phi) is 2.98. The van der Waals surface area contributed by atoms with Gasteiger partial charge >= 0.3 is 0 Å². The summed E-state index contributed by atoms with van der Waals surface area (Å²) in [5.41, 5.74) is 8.89. The Morgan fingerprint density at radius 1 is 0.857 bits per heavy atom. The molecular formula is C24H17N3O. The Morgan fingerprint density at radius 2 is 1.71 bits per heavy atom. The quantitative estimate of drug-likeness (QED) is 0.356. The Hall–Kier alpha value is -3.66. The van der Waals surface area contributed by atoms with Crippen LogP contribution in [0, 0.1) is 13.8 Å². The molecule has 0 saturated heterocycles. The lowest BCUT2D eigenvalue weighted by Gasteiger charge is -2.05. The minimum absolute atomic E-state index is 0.810. The molecule has 0 N–H and O–H groups in total. The van der Waals surface area contributed by atoms with Crippen molar-refractivity contribution in [2.45, 2.75) is 13.8 Å². The minimum atomic E-state index is 0.810. The number of hydrogen-bond acceptors (Lipinski definition) is 3. The van der Waals surface area contributed by atoms with Gasteiger partial charge < -0.3 is 4.42 Å². The van der Waals surface area contributed by atoms with Crippen LogP contribution < -0.4 is 0 Å². The van der Waals surface area contributed by atoms with Crippen molar-refractivity contribution in [1.82, 2.24) is 14.4 Å². The SMILES string of the molecule is Cc1cnc(-c2cccc3c2oc2c3ccn3c4ccccc4nc23)cc1C. The predicted octanol–water partition coefficient (Wildman–Crippen LogP) is 6.07. The molecule has 134 valence electrons. The van der Waals surface area contributed by atoms with Crippen LogP contribution in [0.1, 0.15) is 11.1 Å². The second kappa shape index (κ2) is 5.42. The van der Waals surface area contributed by atoms with Gasteiger partial charge in [0.05, 0.1) is 16.7 Å². The third-order valence-corrected chi connectivity index (χ3v) is 5.59. The maximum Gasteiger partial charge on any atom is 0.182 e. The number of furan rings is 1. The lowest BCUT2D eigenvalue weighted by molar-refractivity contribution is 0.670. The summed E-state index contributed by atoms with van der Waals surface area (Å²) < 4.78 is 8.52. The maximum absolute atomic E-state index is 6.43. The molecular weight excluding hydrogens is 346 g/mol. The molecule has 4 heteroatoms. The molecule has 0 unspecified atom stereocenters. The summed E-state index contributed by atoms with van der Waals surface area (Å²) in [7, 11) is 0. The zero-order valence-electron chi connectivity index (χ0n) is 15.6. The highest BCUT2D eigenvalue weighted by Gasteiger charge is 2.17. The minimum Gasteiger partial charge on any atom is -0.451 e. The number of aryl methyl sites for hydroxylation is 2. The number of benzene rings is 2. The van der Waals surface area contributed by atoms with Crippen molar-refractivity contribution in [3.63, 3.8) is 0 Å². The van der Waals surface area contributed by atoms with Crippen molar-refractivity contribution in [3.8, 4) is 11.3 Å². The molecule has 0 aliphatic carbocycles. The molecule has 0 fully saturated rings. The van der Waals surface area contributed by atoms with Crippen LogP contribution >= 0.6 is 0 Å². The first-order chi connectivity index (χ1) is 13.7. The number of imidazole rings is 1. The molecule has 2 aromatic carbocycles. The molecule has 0 bridgehead atoms. The summed E-state index contributed by atoms with van der Waals surface area (Å²) >= 11 is 0. The van der Waals surface area contributed by atoms with Crippen LogP contribution in [-0.2, 0) is 0 Å². The summed E-state index contributed by atoms with van der Waals surface area (Å²) in [6, 6.07) is 18.6. The Morgan fingerprint density at radius 3 is 2.61 bits per heavy atom. The molecule has 0 spiro atoms. The molecule has 4 aromatic heterocycles. The molecule has 0 aliphatic heterocycles. The monoisotopic (exact) mass is 363 g/mol. The van der Waals surface area contributed by atoms with E-state index in [1.165, 1.54) is 11.1 Å². The number of hydrogen-bond donors (Lipinski definition) is 0. The summed E-state index contributed by atoms with van der Waals surface area (Å²) in [4.78, 5) is 9.47. The number of fused-ring (bicyclic) bond motifs is 7. The summed E-state index contributed by atoms with van der Waals surface area (Å²) in [6.45, 7) is 4.19. The van der Waals surface area contributed by atoms with Gasteiger partial charge in [0.25, 0.3) is 0 Å². The number of nitrogens with zero attached hydrogens (tertiary/aromatic N) is 3. The van der Waals surface area contributed by atoms with Crippen molar-refractivity contribution in [1.29, 1.82) is 0 Å². The first kappa shape index (κ1) is 15.4. The molecule has 6 aromatic rings. The topological polar surface area (TPSA) is 43.3 Å². The first-order valence-corrected chi connectivity index (χ1v) is 9.35. The van der Waals surface area contributed by atoms with Gasteiger partial charge in [0.2, 0.25) is 0 Å². The highest BCUT2D eigenvalue weighted by molar-refractivity contribution is 6.13. The second-order valence-electron chi connectivity index (χ2n) is 7.29. The molecule has 4 heterocycles. The van der Waals surface area contributed by atoms with E-state index in [1.807, 2.05) is 24.4 Å². The number of pyridine rings is 2. The highest BCUT2D eigenvalue weighted by Crippen LogP contribution is 2.37. The van der Waals surface area contributed by atoms with Crippen molar-refractivity contribution in [3.05, 3.63) is 78.1 Å². The molecule has 0 atom stereocenters. The smallest absolute Gasteiger partial charge is 0.182 e. The van der Waals surface area contributed by atoms with Crippen LogP contribution in [0.15, 0.2) is 71.4 Å². The van der Waals surface area contributed by atoms with E-state index in [2.05, 4.69) is 65.8 Å². The highest BCUT2D eigenvalue weighted by atomic mass is 16.3. The van der Waals surface area contributed by atoms with Gasteiger partial charge in [-0.3, -0.25) is 9.38 Å². The van der Waals surface area contributed by atoms with E-state index in [-0.39, 0.29) is 0 Å². The second-order valence-corrected chi connectivity index (χ2v) is 7.29. The Balaban J connectivity index is 1.73. The molecule has 0 radical (unpaired) electrons. The fraction of sp³-hybridized carbons (Fsp3) is 0.0833. The molecule has 6 rings (SSSR count). The molecule has 4 nitrogen and oxygen atoms in total. The standard InChI is InChI=1S/C24H17N3O/c1-14-12-20(25-13-15(14)2)18-7-5-6-16-17-10-11-27-21-9-4-3-8-19(21)26-24(27)23(17)28-22(16)18/h3-13H,1-2H3. The zero-order chi connectivity index (χ0) is 18.8. The third-order valence-electron chi connectivity index (χ3n) is 5.59. The van der Waals surface area contributed by atoms with Crippen LogP contribution in [-0.4, -0.2) is 14.4 Å². The summed E-state index contributed by atoms with van der Waals surface area (Å²) in [6.07, 6.45) is 3.99. The van der Waals surface area contributed by atoms with Gasteiger partial charge in [0.1, 0.15) is 5.58 Å². The van der Waals surface area contributed by atoms with E-state index in [9.17, 15) is 0 Å². The van der Waals surface area contributed by atoms with E-state index in [1.54, 1.807) is 0 Å². The van der Waals surface area contributed by atoms with Gasteiger partial charge in [-0.2, -0.15) is 0 Å². The van der Waals surface area contributed by atoms with Gasteiger partial charge in [0.15, 0.2) is 11.2 Å². The van der Waals surface area contributed by atoms with Crippen molar-refractivity contribution in [2.24, 2.45) is 0 Å². The zero-order valence-corrected chi connectivity index (χ0v) is 15.6. The molecule has 0 aliphatic rings.